The molecule has 0 aromatic carbocycles. The van der Waals surface area contributed by atoms with Crippen LogP contribution in [0.4, 0.5) is 4.39 Å². The fraction of sp³-hybridized carbons (Fsp3) is 0.889. The molecule has 0 spiro atoms. The maximum atomic E-state index is 13.4. The number of rotatable bonds is 4. The summed E-state index contributed by atoms with van der Waals surface area (Å²) in [6.07, 6.45) is -1.05. The summed E-state index contributed by atoms with van der Waals surface area (Å²) in [4.78, 5) is 11.1. The molecule has 0 aromatic rings. The van der Waals surface area contributed by atoms with Gasteiger partial charge in [-0.2, -0.15) is 0 Å². The van der Waals surface area contributed by atoms with Crippen molar-refractivity contribution in [1.82, 2.24) is 0 Å². The number of ether oxygens (including phenoxy) is 1. The number of aliphatic hydroxyl groups excluding tert-OH is 1. The van der Waals surface area contributed by atoms with Gasteiger partial charge in [0.25, 0.3) is 0 Å². The van der Waals surface area contributed by atoms with Crippen LogP contribution in [0.5, 0.6) is 0 Å². The zero-order valence-corrected chi connectivity index (χ0v) is 8.50. The topological polar surface area (TPSA) is 46.5 Å². The predicted molar refractivity (Wildman–Crippen MR) is 47.0 cm³/mol. The van der Waals surface area contributed by atoms with Gasteiger partial charge in [-0.1, -0.05) is 6.92 Å². The van der Waals surface area contributed by atoms with Crippen LogP contribution < -0.4 is 0 Å². The SMILES string of the molecule is CCC(C)OC(=O)C(C)(F)C(C)O. The van der Waals surface area contributed by atoms with Crippen molar-refractivity contribution >= 4 is 5.97 Å². The molecular formula is C9H17FO3. The van der Waals surface area contributed by atoms with E-state index in [0.717, 1.165) is 6.92 Å². The molecule has 0 saturated heterocycles. The Bertz CT molecular complexity index is 178. The number of carbonyl (C=O) groups is 1. The molecule has 3 nitrogen and oxygen atoms in total. The van der Waals surface area contributed by atoms with E-state index in [1.807, 2.05) is 6.92 Å². The summed E-state index contributed by atoms with van der Waals surface area (Å²) in [5.74, 6) is -1.00. The Labute approximate surface area is 77.9 Å². The highest BCUT2D eigenvalue weighted by atomic mass is 19.1. The first-order chi connectivity index (χ1) is 5.82. The van der Waals surface area contributed by atoms with Gasteiger partial charge in [0, 0.05) is 0 Å². The smallest absolute Gasteiger partial charge is 0.346 e. The molecule has 78 valence electrons. The minimum atomic E-state index is -2.32. The van der Waals surface area contributed by atoms with Gasteiger partial charge in [-0.05, 0) is 27.2 Å². The first-order valence-electron chi connectivity index (χ1n) is 4.40. The lowest BCUT2D eigenvalue weighted by atomic mass is 10.0. The molecule has 0 radical (unpaired) electrons. The third-order valence-corrected chi connectivity index (χ3v) is 2.07. The second kappa shape index (κ2) is 4.56. The summed E-state index contributed by atoms with van der Waals surface area (Å²) in [6.45, 7) is 5.74. The van der Waals surface area contributed by atoms with Crippen molar-refractivity contribution in [2.75, 3.05) is 0 Å². The summed E-state index contributed by atoms with van der Waals surface area (Å²) in [5, 5.41) is 8.96. The van der Waals surface area contributed by atoms with Gasteiger partial charge >= 0.3 is 5.97 Å². The van der Waals surface area contributed by atoms with Crippen molar-refractivity contribution in [2.45, 2.75) is 52.0 Å². The molecule has 0 saturated carbocycles. The van der Waals surface area contributed by atoms with E-state index in [2.05, 4.69) is 0 Å². The second-order valence-electron chi connectivity index (χ2n) is 3.38. The number of carbonyl (C=O) groups excluding carboxylic acids is 1. The minimum absolute atomic E-state index is 0.318. The Hall–Kier alpha value is -0.640. The predicted octanol–water partition coefficient (Wildman–Crippen LogP) is 1.44. The average Bonchev–Trinajstić information content (AvgIpc) is 2.03. The van der Waals surface area contributed by atoms with E-state index in [1.165, 1.54) is 6.92 Å². The quantitative estimate of drug-likeness (QED) is 0.685. The standard InChI is InChI=1S/C9H17FO3/c1-5-6(2)13-8(12)9(4,10)7(3)11/h6-7,11H,5H2,1-4H3. The summed E-state index contributed by atoms with van der Waals surface area (Å²) >= 11 is 0. The maximum Gasteiger partial charge on any atom is 0.346 e. The van der Waals surface area contributed by atoms with E-state index in [1.54, 1.807) is 6.92 Å². The highest BCUT2D eigenvalue weighted by molar-refractivity contribution is 5.79. The number of hydrogen-bond donors (Lipinski definition) is 1. The van der Waals surface area contributed by atoms with Crippen LogP contribution in [-0.2, 0) is 9.53 Å². The zero-order valence-electron chi connectivity index (χ0n) is 8.50. The van der Waals surface area contributed by atoms with Crippen molar-refractivity contribution in [3.8, 4) is 0 Å². The van der Waals surface area contributed by atoms with Crippen LogP contribution in [0.15, 0.2) is 0 Å². The molecule has 1 N–H and O–H groups in total. The Morgan fingerprint density at radius 1 is 1.62 bits per heavy atom. The first-order valence-corrected chi connectivity index (χ1v) is 4.40. The van der Waals surface area contributed by atoms with E-state index >= 15 is 0 Å². The number of alkyl halides is 1. The second-order valence-corrected chi connectivity index (χ2v) is 3.38. The molecule has 0 fully saturated rings. The average molecular weight is 192 g/mol. The van der Waals surface area contributed by atoms with Crippen LogP contribution in [0.3, 0.4) is 0 Å². The van der Waals surface area contributed by atoms with E-state index in [-0.39, 0.29) is 6.10 Å². The molecule has 0 bridgehead atoms. The molecule has 0 aliphatic carbocycles. The lowest BCUT2D eigenvalue weighted by molar-refractivity contribution is -0.168. The van der Waals surface area contributed by atoms with Gasteiger partial charge in [0.15, 0.2) is 0 Å². The Morgan fingerprint density at radius 3 is 2.38 bits per heavy atom. The van der Waals surface area contributed by atoms with Crippen molar-refractivity contribution in [3.05, 3.63) is 0 Å². The van der Waals surface area contributed by atoms with Crippen LogP contribution in [0.2, 0.25) is 0 Å². The molecule has 3 atom stereocenters. The summed E-state index contributed by atoms with van der Waals surface area (Å²) in [6, 6.07) is 0. The number of halogens is 1. The molecule has 0 aromatic heterocycles. The zero-order chi connectivity index (χ0) is 10.6. The molecule has 0 aliphatic rings. The van der Waals surface area contributed by atoms with E-state index < -0.39 is 17.7 Å². The van der Waals surface area contributed by atoms with Gasteiger partial charge in [0.05, 0.1) is 12.2 Å². The normalized spacial score (nSPS) is 20.2. The Kier molecular flexibility index (Phi) is 4.33. The van der Waals surface area contributed by atoms with Crippen molar-refractivity contribution < 1.29 is 19.0 Å². The van der Waals surface area contributed by atoms with Gasteiger partial charge in [0.2, 0.25) is 5.67 Å². The van der Waals surface area contributed by atoms with E-state index in [9.17, 15) is 9.18 Å². The van der Waals surface area contributed by atoms with Crippen molar-refractivity contribution in [2.24, 2.45) is 0 Å². The van der Waals surface area contributed by atoms with Gasteiger partial charge in [-0.3, -0.25) is 0 Å². The maximum absolute atomic E-state index is 13.4. The van der Waals surface area contributed by atoms with Crippen LogP contribution in [0, 0.1) is 0 Å². The molecule has 0 amide bonds. The molecule has 0 rings (SSSR count). The molecule has 13 heavy (non-hydrogen) atoms. The minimum Gasteiger partial charge on any atom is -0.460 e. The molecule has 3 unspecified atom stereocenters. The van der Waals surface area contributed by atoms with Gasteiger partial charge in [-0.15, -0.1) is 0 Å². The van der Waals surface area contributed by atoms with Crippen LogP contribution >= 0.6 is 0 Å². The molecule has 0 heterocycles. The van der Waals surface area contributed by atoms with E-state index in [0.29, 0.717) is 6.42 Å². The highest BCUT2D eigenvalue weighted by Gasteiger charge is 2.40. The van der Waals surface area contributed by atoms with Crippen LogP contribution in [0.1, 0.15) is 34.1 Å². The fourth-order valence-electron chi connectivity index (χ4n) is 0.552. The molecule has 4 heteroatoms. The Morgan fingerprint density at radius 2 is 2.08 bits per heavy atom. The van der Waals surface area contributed by atoms with Crippen molar-refractivity contribution in [1.29, 1.82) is 0 Å². The van der Waals surface area contributed by atoms with Crippen LogP contribution in [0.25, 0.3) is 0 Å². The third-order valence-electron chi connectivity index (χ3n) is 2.07. The largest absolute Gasteiger partial charge is 0.460 e. The third kappa shape index (κ3) is 3.30. The number of aliphatic hydroxyl groups is 1. The lowest BCUT2D eigenvalue weighted by Gasteiger charge is -2.23. The van der Waals surface area contributed by atoms with Gasteiger partial charge in [0.1, 0.15) is 0 Å². The summed E-state index contributed by atoms with van der Waals surface area (Å²) in [7, 11) is 0. The molecule has 0 aliphatic heterocycles. The summed E-state index contributed by atoms with van der Waals surface area (Å²) < 4.78 is 18.1. The monoisotopic (exact) mass is 192 g/mol. The van der Waals surface area contributed by atoms with Crippen LogP contribution in [-0.4, -0.2) is 29.0 Å². The highest BCUT2D eigenvalue weighted by Crippen LogP contribution is 2.18. The lowest BCUT2D eigenvalue weighted by Crippen LogP contribution is -2.43. The number of hydrogen-bond acceptors (Lipinski definition) is 3. The van der Waals surface area contributed by atoms with Gasteiger partial charge in [-0.25, -0.2) is 9.18 Å². The van der Waals surface area contributed by atoms with E-state index in [4.69, 9.17) is 9.84 Å². The fourth-order valence-corrected chi connectivity index (χ4v) is 0.552. The first kappa shape index (κ1) is 12.4. The number of esters is 1. The summed E-state index contributed by atoms with van der Waals surface area (Å²) in [5.41, 5.74) is -2.32. The Balaban J connectivity index is 4.25. The van der Waals surface area contributed by atoms with Gasteiger partial charge < -0.3 is 9.84 Å². The molecular weight excluding hydrogens is 175 g/mol. The van der Waals surface area contributed by atoms with Crippen molar-refractivity contribution in [3.63, 3.8) is 0 Å².